The predicted molar refractivity (Wildman–Crippen MR) is 113 cm³/mol. The first-order chi connectivity index (χ1) is 13.6. The summed E-state index contributed by atoms with van der Waals surface area (Å²) in [5.41, 5.74) is 0.763. The summed E-state index contributed by atoms with van der Waals surface area (Å²) in [4.78, 5) is 12.5. The molecule has 158 valence electrons. The highest BCUT2D eigenvalue weighted by Crippen LogP contribution is 2.29. The maximum atomic E-state index is 12.7. The average molecular weight is 441 g/mol. The van der Waals surface area contributed by atoms with Gasteiger partial charge in [0, 0.05) is 18.1 Å². The Kier molecular flexibility index (Phi) is 7.51. The number of anilines is 1. The minimum absolute atomic E-state index is 0.00786. The van der Waals surface area contributed by atoms with E-state index >= 15 is 0 Å². The highest BCUT2D eigenvalue weighted by Gasteiger charge is 2.24. The standard InChI is InChI=1S/C20H25ClN2O5S/c1-5-23(6-2)29(26,27)16-8-9-18(24)17(12-16)22-20(25)14(4)28-19-10-7-15(21)11-13(19)3/h7-12,14,24H,5-6H2,1-4H3,(H,22,25). The average Bonchev–Trinajstić information content (AvgIpc) is 2.66. The Bertz CT molecular complexity index is 990. The third kappa shape index (κ3) is 5.41. The van der Waals surface area contributed by atoms with Gasteiger partial charge in [-0.1, -0.05) is 25.4 Å². The number of phenols is 1. The Labute approximate surface area is 176 Å². The smallest absolute Gasteiger partial charge is 0.265 e. The van der Waals surface area contributed by atoms with E-state index in [4.69, 9.17) is 16.3 Å². The van der Waals surface area contributed by atoms with Crippen molar-refractivity contribution in [2.24, 2.45) is 0 Å². The van der Waals surface area contributed by atoms with Gasteiger partial charge in [0.2, 0.25) is 10.0 Å². The molecule has 2 rings (SSSR count). The Morgan fingerprint density at radius 3 is 2.45 bits per heavy atom. The molecule has 0 spiro atoms. The van der Waals surface area contributed by atoms with E-state index in [0.29, 0.717) is 23.9 Å². The van der Waals surface area contributed by atoms with E-state index in [-0.39, 0.29) is 16.3 Å². The zero-order valence-electron chi connectivity index (χ0n) is 16.8. The Morgan fingerprint density at radius 2 is 1.86 bits per heavy atom. The van der Waals surface area contributed by atoms with Crippen LogP contribution in [-0.2, 0) is 14.8 Å². The fraction of sp³-hybridized carbons (Fsp3) is 0.350. The number of benzene rings is 2. The summed E-state index contributed by atoms with van der Waals surface area (Å²) < 4.78 is 32.3. The molecule has 0 saturated heterocycles. The van der Waals surface area contributed by atoms with Crippen LogP contribution >= 0.6 is 11.6 Å². The number of ether oxygens (including phenoxy) is 1. The van der Waals surface area contributed by atoms with Gasteiger partial charge in [0.05, 0.1) is 10.6 Å². The maximum Gasteiger partial charge on any atom is 0.265 e. The van der Waals surface area contributed by atoms with Gasteiger partial charge in [-0.3, -0.25) is 4.79 Å². The molecular formula is C20H25ClN2O5S. The number of rotatable bonds is 8. The first-order valence-corrected chi connectivity index (χ1v) is 11.0. The van der Waals surface area contributed by atoms with Gasteiger partial charge in [-0.15, -0.1) is 0 Å². The molecule has 1 unspecified atom stereocenters. The summed E-state index contributed by atoms with van der Waals surface area (Å²) in [6.45, 7) is 7.46. The number of hydrogen-bond donors (Lipinski definition) is 2. The lowest BCUT2D eigenvalue weighted by molar-refractivity contribution is -0.122. The third-order valence-electron chi connectivity index (χ3n) is 4.38. The van der Waals surface area contributed by atoms with Gasteiger partial charge >= 0.3 is 0 Å². The molecule has 2 aromatic rings. The van der Waals surface area contributed by atoms with E-state index in [1.165, 1.54) is 22.5 Å². The Morgan fingerprint density at radius 1 is 1.21 bits per heavy atom. The summed E-state index contributed by atoms with van der Waals surface area (Å²) in [5, 5.41) is 13.2. The number of sulfonamides is 1. The molecule has 2 aromatic carbocycles. The molecule has 29 heavy (non-hydrogen) atoms. The van der Waals surface area contributed by atoms with Crippen molar-refractivity contribution in [1.82, 2.24) is 4.31 Å². The first kappa shape index (κ1) is 23.0. The van der Waals surface area contributed by atoms with Crippen LogP contribution in [0.15, 0.2) is 41.3 Å². The number of halogens is 1. The van der Waals surface area contributed by atoms with Crippen molar-refractivity contribution in [2.45, 2.75) is 38.7 Å². The molecule has 7 nitrogen and oxygen atoms in total. The molecule has 0 fully saturated rings. The van der Waals surface area contributed by atoms with Gasteiger partial charge in [0.25, 0.3) is 5.91 Å². The Hall–Kier alpha value is -2.29. The van der Waals surface area contributed by atoms with E-state index in [2.05, 4.69) is 5.32 Å². The van der Waals surface area contributed by atoms with Gasteiger partial charge in [-0.05, 0) is 55.8 Å². The van der Waals surface area contributed by atoms with Crippen LogP contribution in [0.2, 0.25) is 5.02 Å². The van der Waals surface area contributed by atoms with Crippen molar-refractivity contribution >= 4 is 33.2 Å². The maximum absolute atomic E-state index is 12.7. The number of phenolic OH excluding ortho intramolecular Hbond substituents is 1. The van der Waals surface area contributed by atoms with Crippen LogP contribution < -0.4 is 10.1 Å². The largest absolute Gasteiger partial charge is 0.506 e. The second kappa shape index (κ2) is 9.47. The first-order valence-electron chi connectivity index (χ1n) is 9.17. The number of aryl methyl sites for hydroxylation is 1. The SMILES string of the molecule is CCN(CC)S(=O)(=O)c1ccc(O)c(NC(=O)C(C)Oc2ccc(Cl)cc2C)c1. The minimum Gasteiger partial charge on any atom is -0.506 e. The van der Waals surface area contributed by atoms with E-state index in [9.17, 15) is 18.3 Å². The molecule has 0 aromatic heterocycles. The van der Waals surface area contributed by atoms with Crippen molar-refractivity contribution in [2.75, 3.05) is 18.4 Å². The number of carbonyl (C=O) groups is 1. The molecule has 2 N–H and O–H groups in total. The Balaban J connectivity index is 2.21. The zero-order chi connectivity index (χ0) is 21.8. The topological polar surface area (TPSA) is 95.9 Å². The molecule has 1 atom stereocenters. The minimum atomic E-state index is -3.73. The van der Waals surface area contributed by atoms with Crippen LogP contribution in [0.25, 0.3) is 0 Å². The van der Waals surface area contributed by atoms with E-state index < -0.39 is 22.0 Å². The van der Waals surface area contributed by atoms with Gasteiger partial charge in [-0.2, -0.15) is 4.31 Å². The summed E-state index contributed by atoms with van der Waals surface area (Å²) in [5.74, 6) is -0.280. The highest BCUT2D eigenvalue weighted by molar-refractivity contribution is 7.89. The normalized spacial score (nSPS) is 12.6. The summed E-state index contributed by atoms with van der Waals surface area (Å²) in [6, 6.07) is 8.81. The lowest BCUT2D eigenvalue weighted by Gasteiger charge is -2.20. The number of amides is 1. The van der Waals surface area contributed by atoms with Crippen molar-refractivity contribution < 1.29 is 23.1 Å². The number of carbonyl (C=O) groups excluding carboxylic acids is 1. The zero-order valence-corrected chi connectivity index (χ0v) is 18.3. The van der Waals surface area contributed by atoms with E-state index in [1.807, 2.05) is 0 Å². The second-order valence-electron chi connectivity index (χ2n) is 6.43. The van der Waals surface area contributed by atoms with Gasteiger partial charge in [0.1, 0.15) is 11.5 Å². The summed E-state index contributed by atoms with van der Waals surface area (Å²) >= 11 is 5.92. The molecular weight excluding hydrogens is 416 g/mol. The number of hydrogen-bond acceptors (Lipinski definition) is 5. The molecule has 0 radical (unpaired) electrons. The van der Waals surface area contributed by atoms with Crippen LogP contribution in [0.1, 0.15) is 26.3 Å². The van der Waals surface area contributed by atoms with Crippen LogP contribution in [0.4, 0.5) is 5.69 Å². The fourth-order valence-electron chi connectivity index (χ4n) is 2.71. The van der Waals surface area contributed by atoms with Crippen LogP contribution in [0.5, 0.6) is 11.5 Å². The summed E-state index contributed by atoms with van der Waals surface area (Å²) in [6.07, 6.45) is -0.891. The van der Waals surface area contributed by atoms with Gasteiger partial charge in [-0.25, -0.2) is 8.42 Å². The van der Waals surface area contributed by atoms with E-state index in [1.54, 1.807) is 45.9 Å². The predicted octanol–water partition coefficient (Wildman–Crippen LogP) is 3.79. The second-order valence-corrected chi connectivity index (χ2v) is 8.80. The molecule has 0 aliphatic heterocycles. The van der Waals surface area contributed by atoms with Crippen molar-refractivity contribution in [3.05, 3.63) is 47.0 Å². The monoisotopic (exact) mass is 440 g/mol. The number of aromatic hydroxyl groups is 1. The van der Waals surface area contributed by atoms with E-state index in [0.717, 1.165) is 5.56 Å². The molecule has 0 bridgehead atoms. The lowest BCUT2D eigenvalue weighted by atomic mass is 10.2. The number of nitrogens with one attached hydrogen (secondary N) is 1. The van der Waals surface area contributed by atoms with Gasteiger partial charge in [0.15, 0.2) is 6.10 Å². The molecule has 9 heteroatoms. The van der Waals surface area contributed by atoms with Crippen molar-refractivity contribution in [1.29, 1.82) is 0 Å². The molecule has 0 heterocycles. The molecule has 0 saturated carbocycles. The van der Waals surface area contributed by atoms with Gasteiger partial charge < -0.3 is 15.2 Å². The number of nitrogens with zero attached hydrogens (tertiary/aromatic N) is 1. The summed E-state index contributed by atoms with van der Waals surface area (Å²) in [7, 11) is -3.73. The fourth-order valence-corrected chi connectivity index (χ4v) is 4.42. The quantitative estimate of drug-likeness (QED) is 0.609. The molecule has 0 aliphatic rings. The lowest BCUT2D eigenvalue weighted by Crippen LogP contribution is -2.31. The third-order valence-corrected chi connectivity index (χ3v) is 6.66. The van der Waals surface area contributed by atoms with Crippen LogP contribution in [-0.4, -0.2) is 42.9 Å². The van der Waals surface area contributed by atoms with Crippen LogP contribution in [0, 0.1) is 6.92 Å². The van der Waals surface area contributed by atoms with Crippen molar-refractivity contribution in [3.8, 4) is 11.5 Å². The molecule has 0 aliphatic carbocycles. The molecule has 1 amide bonds. The highest BCUT2D eigenvalue weighted by atomic mass is 35.5. The van der Waals surface area contributed by atoms with Crippen LogP contribution in [0.3, 0.4) is 0 Å². The van der Waals surface area contributed by atoms with Crippen molar-refractivity contribution in [3.63, 3.8) is 0 Å².